The minimum atomic E-state index is 0.382. The van der Waals surface area contributed by atoms with Crippen LogP contribution >= 0.6 is 0 Å². The normalized spacial score (nSPS) is 17.6. The van der Waals surface area contributed by atoms with Gasteiger partial charge in [-0.2, -0.15) is 0 Å². The lowest BCUT2D eigenvalue weighted by Gasteiger charge is -2.36. The fourth-order valence-corrected chi connectivity index (χ4v) is 4.92. The highest BCUT2D eigenvalue weighted by Crippen LogP contribution is 2.36. The number of ether oxygens (including phenoxy) is 1. The fraction of sp³-hybridized carbons (Fsp3) is 0.308. The fourth-order valence-electron chi connectivity index (χ4n) is 4.92. The van der Waals surface area contributed by atoms with E-state index in [1.807, 2.05) is 0 Å². The Morgan fingerprint density at radius 1 is 0.759 bits per heavy atom. The van der Waals surface area contributed by atoms with Crippen molar-refractivity contribution in [3.8, 4) is 0 Å². The first-order valence-corrected chi connectivity index (χ1v) is 10.7. The Bertz CT molecular complexity index is 1040. The molecule has 4 aromatic rings. The second kappa shape index (κ2) is 8.02. The maximum Gasteiger partial charge on any atom is 0.0594 e. The monoisotopic (exact) mass is 384 g/mol. The maximum absolute atomic E-state index is 5.63. The van der Waals surface area contributed by atoms with E-state index in [9.17, 15) is 0 Å². The first kappa shape index (κ1) is 18.4. The van der Waals surface area contributed by atoms with Gasteiger partial charge in [0, 0.05) is 47.0 Å². The number of morpholine rings is 1. The van der Waals surface area contributed by atoms with Gasteiger partial charge in [0.1, 0.15) is 0 Å². The van der Waals surface area contributed by atoms with E-state index in [1.165, 1.54) is 27.4 Å². The number of nitrogens with zero attached hydrogens (tertiary/aromatic N) is 2. The number of aromatic nitrogens is 1. The topological polar surface area (TPSA) is 17.4 Å². The van der Waals surface area contributed by atoms with Crippen molar-refractivity contribution in [2.24, 2.45) is 0 Å². The number of para-hydroxylation sites is 2. The first-order valence-electron chi connectivity index (χ1n) is 10.7. The molecule has 3 aromatic carbocycles. The molecule has 3 nitrogen and oxygen atoms in total. The van der Waals surface area contributed by atoms with Gasteiger partial charge in [-0.05, 0) is 31.0 Å². The number of hydrogen-bond donors (Lipinski definition) is 0. The molecule has 2 atom stereocenters. The molecule has 0 bridgehead atoms. The molecule has 2 heterocycles. The summed E-state index contributed by atoms with van der Waals surface area (Å²) in [6, 6.07) is 29.4. The van der Waals surface area contributed by atoms with Crippen LogP contribution in [-0.4, -0.2) is 35.8 Å². The predicted octanol–water partition coefficient (Wildman–Crippen LogP) is 5.82. The summed E-state index contributed by atoms with van der Waals surface area (Å²) in [6.07, 6.45) is 1.08. The van der Waals surface area contributed by atoms with E-state index in [0.717, 1.165) is 32.7 Å². The summed E-state index contributed by atoms with van der Waals surface area (Å²) in [5.41, 5.74) is 4.06. The van der Waals surface area contributed by atoms with Gasteiger partial charge >= 0.3 is 0 Å². The van der Waals surface area contributed by atoms with Gasteiger partial charge in [-0.25, -0.2) is 0 Å². The van der Waals surface area contributed by atoms with Crippen LogP contribution in [0.2, 0.25) is 0 Å². The van der Waals surface area contributed by atoms with Crippen LogP contribution in [0.1, 0.15) is 31.0 Å². The largest absolute Gasteiger partial charge is 0.379 e. The van der Waals surface area contributed by atoms with Crippen molar-refractivity contribution < 1.29 is 4.74 Å². The summed E-state index contributed by atoms with van der Waals surface area (Å²) in [4.78, 5) is 2.60. The standard InChI is InChI=1S/C26H28N2O/c1-20(19-26(21-9-3-2-4-10-21)27-15-17-29-18-16-27)28-24-13-7-5-11-22(24)23-12-6-8-14-25(23)28/h2-14,20,26H,15-19H2,1H3/t20-,26+/m1/s1. The predicted molar refractivity (Wildman–Crippen MR) is 120 cm³/mol. The molecule has 1 aliphatic rings. The first-order chi connectivity index (χ1) is 14.3. The van der Waals surface area contributed by atoms with Gasteiger partial charge in [0.25, 0.3) is 0 Å². The van der Waals surface area contributed by atoms with Crippen LogP contribution in [-0.2, 0) is 4.74 Å². The van der Waals surface area contributed by atoms with Gasteiger partial charge in [0.2, 0.25) is 0 Å². The quantitative estimate of drug-likeness (QED) is 0.431. The second-order valence-electron chi connectivity index (χ2n) is 8.06. The summed E-state index contributed by atoms with van der Waals surface area (Å²) in [7, 11) is 0. The zero-order chi connectivity index (χ0) is 19.6. The summed E-state index contributed by atoms with van der Waals surface area (Å²) < 4.78 is 8.17. The Morgan fingerprint density at radius 2 is 1.31 bits per heavy atom. The van der Waals surface area contributed by atoms with E-state index in [2.05, 4.69) is 95.3 Å². The van der Waals surface area contributed by atoms with Crippen molar-refractivity contribution in [1.29, 1.82) is 0 Å². The van der Waals surface area contributed by atoms with Crippen LogP contribution in [0.5, 0.6) is 0 Å². The van der Waals surface area contributed by atoms with E-state index in [0.29, 0.717) is 12.1 Å². The molecular formula is C26H28N2O. The van der Waals surface area contributed by atoms with E-state index in [1.54, 1.807) is 0 Å². The molecule has 1 aromatic heterocycles. The van der Waals surface area contributed by atoms with Gasteiger partial charge in [-0.3, -0.25) is 4.90 Å². The molecule has 1 aliphatic heterocycles. The van der Waals surface area contributed by atoms with Gasteiger partial charge in [0.15, 0.2) is 0 Å². The molecule has 0 aliphatic carbocycles. The molecule has 29 heavy (non-hydrogen) atoms. The number of hydrogen-bond acceptors (Lipinski definition) is 2. The minimum absolute atomic E-state index is 0.382. The highest BCUT2D eigenvalue weighted by molar-refractivity contribution is 6.08. The highest BCUT2D eigenvalue weighted by atomic mass is 16.5. The lowest BCUT2D eigenvalue weighted by Crippen LogP contribution is -2.39. The SMILES string of the molecule is C[C@H](C[C@@H](c1ccccc1)N1CCOCC1)n1c2ccccc2c2ccccc21. The Balaban J connectivity index is 1.56. The molecule has 148 valence electrons. The molecule has 3 heteroatoms. The summed E-state index contributed by atoms with van der Waals surface area (Å²) >= 11 is 0. The van der Waals surface area contributed by atoms with Crippen molar-refractivity contribution in [3.05, 3.63) is 84.4 Å². The summed E-state index contributed by atoms with van der Waals surface area (Å²) in [5.74, 6) is 0. The lowest BCUT2D eigenvalue weighted by molar-refractivity contribution is 0.0117. The van der Waals surface area contributed by atoms with Crippen molar-refractivity contribution in [1.82, 2.24) is 9.47 Å². The average molecular weight is 385 g/mol. The van der Waals surface area contributed by atoms with E-state index in [4.69, 9.17) is 4.74 Å². The van der Waals surface area contributed by atoms with Crippen LogP contribution < -0.4 is 0 Å². The van der Waals surface area contributed by atoms with E-state index >= 15 is 0 Å². The van der Waals surface area contributed by atoms with Crippen LogP contribution in [0.4, 0.5) is 0 Å². The molecule has 0 spiro atoms. The Hall–Kier alpha value is -2.62. The molecule has 0 amide bonds. The van der Waals surface area contributed by atoms with Gasteiger partial charge in [-0.15, -0.1) is 0 Å². The zero-order valence-corrected chi connectivity index (χ0v) is 17.0. The Labute approximate surface area is 172 Å². The highest BCUT2D eigenvalue weighted by Gasteiger charge is 2.26. The van der Waals surface area contributed by atoms with Gasteiger partial charge < -0.3 is 9.30 Å². The van der Waals surface area contributed by atoms with Crippen LogP contribution in [0, 0.1) is 0 Å². The summed E-state index contributed by atoms with van der Waals surface area (Å²) in [6.45, 7) is 6.02. The Morgan fingerprint density at radius 3 is 1.93 bits per heavy atom. The van der Waals surface area contributed by atoms with Crippen LogP contribution in [0.25, 0.3) is 21.8 Å². The Kier molecular flexibility index (Phi) is 5.09. The van der Waals surface area contributed by atoms with Gasteiger partial charge in [0.05, 0.1) is 13.2 Å². The average Bonchev–Trinajstić information content (AvgIpc) is 3.13. The van der Waals surface area contributed by atoms with E-state index < -0.39 is 0 Å². The number of rotatable bonds is 5. The molecular weight excluding hydrogens is 356 g/mol. The van der Waals surface area contributed by atoms with Crippen LogP contribution in [0.15, 0.2) is 78.9 Å². The molecule has 1 saturated heterocycles. The minimum Gasteiger partial charge on any atom is -0.379 e. The molecule has 1 fully saturated rings. The lowest BCUT2D eigenvalue weighted by atomic mass is 9.97. The van der Waals surface area contributed by atoms with Crippen molar-refractivity contribution in [3.63, 3.8) is 0 Å². The number of benzene rings is 3. The van der Waals surface area contributed by atoms with Crippen molar-refractivity contribution in [2.75, 3.05) is 26.3 Å². The van der Waals surface area contributed by atoms with E-state index in [-0.39, 0.29) is 0 Å². The maximum atomic E-state index is 5.63. The molecule has 0 saturated carbocycles. The van der Waals surface area contributed by atoms with Crippen LogP contribution in [0.3, 0.4) is 0 Å². The van der Waals surface area contributed by atoms with Crippen molar-refractivity contribution >= 4 is 21.8 Å². The molecule has 0 N–H and O–H groups in total. The summed E-state index contributed by atoms with van der Waals surface area (Å²) in [5, 5.41) is 2.69. The second-order valence-corrected chi connectivity index (χ2v) is 8.06. The van der Waals surface area contributed by atoms with Gasteiger partial charge in [-0.1, -0.05) is 66.7 Å². The van der Waals surface area contributed by atoms with Crippen molar-refractivity contribution in [2.45, 2.75) is 25.4 Å². The number of fused-ring (bicyclic) bond motifs is 3. The molecule has 0 radical (unpaired) electrons. The molecule has 0 unspecified atom stereocenters. The zero-order valence-electron chi connectivity index (χ0n) is 17.0. The smallest absolute Gasteiger partial charge is 0.0594 e. The molecule has 5 rings (SSSR count). The third kappa shape index (κ3) is 3.45. The third-order valence-corrected chi connectivity index (χ3v) is 6.29. The third-order valence-electron chi connectivity index (χ3n) is 6.29.